The van der Waals surface area contributed by atoms with Crippen molar-refractivity contribution in [3.05, 3.63) is 77.1 Å². The van der Waals surface area contributed by atoms with Crippen molar-refractivity contribution in [1.29, 1.82) is 0 Å². The summed E-state index contributed by atoms with van der Waals surface area (Å²) in [5.74, 6) is 3.89. The van der Waals surface area contributed by atoms with E-state index in [1.165, 1.54) is 61.1 Å². The van der Waals surface area contributed by atoms with Crippen molar-refractivity contribution in [2.45, 2.75) is 98.3 Å². The zero-order valence-electron chi connectivity index (χ0n) is 26.3. The van der Waals surface area contributed by atoms with Crippen molar-refractivity contribution in [3.63, 3.8) is 0 Å². The van der Waals surface area contributed by atoms with E-state index in [9.17, 15) is 9.90 Å². The van der Waals surface area contributed by atoms with Crippen molar-refractivity contribution in [2.75, 3.05) is 0 Å². The van der Waals surface area contributed by atoms with Crippen LogP contribution in [-0.2, 0) is 30.3 Å². The van der Waals surface area contributed by atoms with Crippen molar-refractivity contribution >= 4 is 16.7 Å². The Labute approximate surface area is 267 Å². The van der Waals surface area contributed by atoms with Crippen LogP contribution in [0.15, 0.2) is 54.3 Å². The van der Waals surface area contributed by atoms with Crippen LogP contribution in [0.5, 0.6) is 0 Å². The summed E-state index contributed by atoms with van der Waals surface area (Å²) in [7, 11) is 0. The number of hydrogen-bond acceptors (Lipinski definition) is 3. The third-order valence-electron chi connectivity index (χ3n) is 9.32. The molecule has 3 aromatic rings. The van der Waals surface area contributed by atoms with Crippen molar-refractivity contribution in [2.24, 2.45) is 29.6 Å². The molecule has 7 rings (SSSR count). The Morgan fingerprint density at radius 1 is 0.952 bits per heavy atom. The molecule has 4 heteroatoms. The molecule has 0 amide bonds. The van der Waals surface area contributed by atoms with Crippen LogP contribution in [0, 0.1) is 49.5 Å². The first-order valence-corrected chi connectivity index (χ1v) is 15.8. The van der Waals surface area contributed by atoms with Gasteiger partial charge in [-0.25, -0.2) is 0 Å². The number of allylic oxidation sites excluding steroid dienone is 2. The van der Waals surface area contributed by atoms with Gasteiger partial charge in [-0.1, -0.05) is 65.8 Å². The van der Waals surface area contributed by atoms with E-state index < -0.39 is 0 Å². The van der Waals surface area contributed by atoms with E-state index in [0.717, 1.165) is 34.5 Å². The summed E-state index contributed by atoms with van der Waals surface area (Å²) in [5, 5.41) is 10.7. The molecule has 4 bridgehead atoms. The van der Waals surface area contributed by atoms with Crippen molar-refractivity contribution in [3.8, 4) is 11.3 Å². The standard InChI is InChI=1S/C27H28N.C11H20O2.Ir/c1-17-8-18(2)10-22(9-17)25-7-6-23-24(4-3-5-26(23)28-25)27-14-19-11-20(15-27)13-21(12-19)16-27;1-8(2)5-10(12)7-11(13)6-9(3)4;/h3-9,19-21H,11-16H2,1-2H3;7-9,12H,5-6H2,1-4H3;/q-1;;/b;10-7-;. The second-order valence-electron chi connectivity index (χ2n) is 14.3. The summed E-state index contributed by atoms with van der Waals surface area (Å²) in [6, 6.07) is 19.3. The molecule has 2 aromatic carbocycles. The Hall–Kier alpha value is -2.29. The van der Waals surface area contributed by atoms with Crippen LogP contribution in [0.1, 0.15) is 95.8 Å². The van der Waals surface area contributed by atoms with Gasteiger partial charge in [0.1, 0.15) is 0 Å². The maximum absolute atomic E-state index is 11.2. The summed E-state index contributed by atoms with van der Waals surface area (Å²) in [6.07, 6.45) is 11.2. The molecule has 0 spiro atoms. The SMILES string of the molecule is CC(C)CC(=O)/C=C(\O)CC(C)C.Cc1[c-]c(-c2ccc3c(C45CC6CC(CC(C6)C4)C5)cccc3n2)cc(C)c1.[Ir]. The Bertz CT molecular complexity index is 1380. The van der Waals surface area contributed by atoms with Gasteiger partial charge in [0.05, 0.1) is 11.3 Å². The Balaban J connectivity index is 0.000000249. The van der Waals surface area contributed by atoms with E-state index in [-0.39, 0.29) is 31.6 Å². The molecule has 4 saturated carbocycles. The van der Waals surface area contributed by atoms with Gasteiger partial charge in [-0.3, -0.25) is 9.78 Å². The van der Waals surface area contributed by atoms with Crippen LogP contribution in [0.2, 0.25) is 0 Å². The summed E-state index contributed by atoms with van der Waals surface area (Å²) in [4.78, 5) is 16.3. The van der Waals surface area contributed by atoms with E-state index in [1.54, 1.807) is 5.56 Å². The maximum Gasteiger partial charge on any atom is 0.159 e. The van der Waals surface area contributed by atoms with Crippen LogP contribution < -0.4 is 0 Å². The fourth-order valence-electron chi connectivity index (χ4n) is 8.37. The zero-order chi connectivity index (χ0) is 29.3. The number of aliphatic hydroxyl groups excluding tert-OH is 1. The number of pyridine rings is 1. The number of ketones is 1. The number of carbonyl (C=O) groups excluding carboxylic acids is 1. The van der Waals surface area contributed by atoms with Gasteiger partial charge in [-0.2, -0.15) is 0 Å². The first kappa shape index (κ1) is 32.6. The van der Waals surface area contributed by atoms with Gasteiger partial charge in [-0.05, 0) is 90.9 Å². The molecule has 4 fully saturated rings. The van der Waals surface area contributed by atoms with E-state index in [2.05, 4.69) is 62.4 Å². The van der Waals surface area contributed by atoms with Crippen LogP contribution in [0.3, 0.4) is 0 Å². The van der Waals surface area contributed by atoms with Crippen LogP contribution >= 0.6 is 0 Å². The minimum Gasteiger partial charge on any atom is -0.512 e. The minimum atomic E-state index is 0. The Morgan fingerprint density at radius 2 is 1.57 bits per heavy atom. The van der Waals surface area contributed by atoms with Gasteiger partial charge in [0.15, 0.2) is 5.78 Å². The number of aromatic nitrogens is 1. The molecule has 4 aliphatic rings. The van der Waals surface area contributed by atoms with E-state index >= 15 is 0 Å². The number of hydrogen-bond donors (Lipinski definition) is 1. The van der Waals surface area contributed by atoms with E-state index in [1.807, 2.05) is 27.7 Å². The van der Waals surface area contributed by atoms with Crippen LogP contribution in [0.25, 0.3) is 22.2 Å². The molecule has 0 aliphatic heterocycles. The molecule has 4 aliphatic carbocycles. The molecular weight excluding hydrogens is 695 g/mol. The average molecular weight is 743 g/mol. The summed E-state index contributed by atoms with van der Waals surface area (Å²) >= 11 is 0. The van der Waals surface area contributed by atoms with Gasteiger partial charge < -0.3 is 5.11 Å². The fourth-order valence-corrected chi connectivity index (χ4v) is 8.37. The van der Waals surface area contributed by atoms with Crippen LogP contribution in [-0.4, -0.2) is 15.9 Å². The van der Waals surface area contributed by atoms with Crippen molar-refractivity contribution < 1.29 is 30.0 Å². The Morgan fingerprint density at radius 3 is 2.14 bits per heavy atom. The number of rotatable bonds is 7. The molecule has 227 valence electrons. The number of aryl methyl sites for hydroxylation is 2. The molecular formula is C38H48IrNO2-. The molecule has 1 radical (unpaired) electrons. The predicted octanol–water partition coefficient (Wildman–Crippen LogP) is 9.87. The first-order chi connectivity index (χ1) is 19.5. The normalized spacial score (nSPS) is 24.5. The largest absolute Gasteiger partial charge is 0.512 e. The van der Waals surface area contributed by atoms with E-state index in [0.29, 0.717) is 30.1 Å². The topological polar surface area (TPSA) is 50.2 Å². The molecule has 1 aromatic heterocycles. The number of fused-ring (bicyclic) bond motifs is 1. The fraction of sp³-hybridized carbons (Fsp3) is 0.526. The molecule has 0 unspecified atom stereocenters. The van der Waals surface area contributed by atoms with Gasteiger partial charge in [0.2, 0.25) is 0 Å². The van der Waals surface area contributed by atoms with Gasteiger partial charge in [0, 0.05) is 44.4 Å². The minimum absolute atomic E-state index is 0. The quantitative estimate of drug-likeness (QED) is 0.149. The summed E-state index contributed by atoms with van der Waals surface area (Å²) in [6.45, 7) is 12.3. The molecule has 1 heterocycles. The van der Waals surface area contributed by atoms with Crippen LogP contribution in [0.4, 0.5) is 0 Å². The number of nitrogens with zero attached hydrogens (tertiary/aromatic N) is 1. The zero-order valence-corrected chi connectivity index (χ0v) is 28.7. The van der Waals surface area contributed by atoms with Gasteiger partial charge in [0.25, 0.3) is 0 Å². The molecule has 42 heavy (non-hydrogen) atoms. The second-order valence-corrected chi connectivity index (χ2v) is 14.3. The van der Waals surface area contributed by atoms with E-state index in [4.69, 9.17) is 4.98 Å². The van der Waals surface area contributed by atoms with Crippen molar-refractivity contribution in [1.82, 2.24) is 4.98 Å². The third-order valence-corrected chi connectivity index (χ3v) is 9.32. The maximum atomic E-state index is 11.2. The monoisotopic (exact) mass is 743 g/mol. The molecule has 1 N–H and O–H groups in total. The van der Waals surface area contributed by atoms with Gasteiger partial charge >= 0.3 is 0 Å². The summed E-state index contributed by atoms with van der Waals surface area (Å²) in [5.41, 5.74) is 7.77. The number of aliphatic hydroxyl groups is 1. The number of benzene rings is 2. The first-order valence-electron chi connectivity index (χ1n) is 15.8. The molecule has 3 nitrogen and oxygen atoms in total. The second kappa shape index (κ2) is 13.6. The smallest absolute Gasteiger partial charge is 0.159 e. The average Bonchev–Trinajstić information content (AvgIpc) is 2.86. The summed E-state index contributed by atoms with van der Waals surface area (Å²) < 4.78 is 0. The molecule has 0 atom stereocenters. The Kier molecular flexibility index (Phi) is 10.5. The van der Waals surface area contributed by atoms with Gasteiger partial charge in [-0.15, -0.1) is 34.9 Å². The molecule has 0 saturated heterocycles. The number of carbonyl (C=O) groups is 1. The predicted molar refractivity (Wildman–Crippen MR) is 170 cm³/mol. The third kappa shape index (κ3) is 7.61.